The average Bonchev–Trinajstić information content (AvgIpc) is 3.31. The normalized spacial score (nSPS) is 11.1. The smallest absolute Gasteiger partial charge is 0.273 e. The number of carbonyl (C=O) groups excluding carboxylic acids is 1. The van der Waals surface area contributed by atoms with E-state index in [1.165, 1.54) is 22.0 Å². The predicted octanol–water partition coefficient (Wildman–Crippen LogP) is 3.81. The number of anilines is 1. The monoisotopic (exact) mass is 394 g/mol. The summed E-state index contributed by atoms with van der Waals surface area (Å²) < 4.78 is 7.19. The van der Waals surface area contributed by atoms with Crippen molar-refractivity contribution in [3.63, 3.8) is 0 Å². The Kier molecular flexibility index (Phi) is 4.70. The van der Waals surface area contributed by atoms with Crippen LogP contribution in [0.1, 0.15) is 24.3 Å². The fourth-order valence-electron chi connectivity index (χ4n) is 2.89. The molecule has 7 nitrogen and oxygen atoms in total. The molecule has 0 aliphatic heterocycles. The number of pyridine rings is 1. The van der Waals surface area contributed by atoms with Gasteiger partial charge in [-0.3, -0.25) is 19.5 Å². The van der Waals surface area contributed by atoms with Crippen molar-refractivity contribution in [2.24, 2.45) is 0 Å². The van der Waals surface area contributed by atoms with Gasteiger partial charge in [0.2, 0.25) is 0 Å². The molecule has 0 saturated heterocycles. The fourth-order valence-corrected chi connectivity index (χ4v) is 3.42. The van der Waals surface area contributed by atoms with Gasteiger partial charge in [-0.25, -0.2) is 4.98 Å². The number of benzene rings is 1. The molecule has 2 N–H and O–H groups in total. The van der Waals surface area contributed by atoms with Gasteiger partial charge in [0.15, 0.2) is 5.13 Å². The second-order valence-electron chi connectivity index (χ2n) is 6.45. The molecule has 0 radical (unpaired) electrons. The highest BCUT2D eigenvalue weighted by atomic mass is 32.1. The summed E-state index contributed by atoms with van der Waals surface area (Å²) in [6.07, 6.45) is 1.69. The highest BCUT2D eigenvalue weighted by molar-refractivity contribution is 7.13. The number of carbonyl (C=O) groups is 1. The van der Waals surface area contributed by atoms with Gasteiger partial charge in [0.25, 0.3) is 11.5 Å². The van der Waals surface area contributed by atoms with Crippen LogP contribution in [0.4, 0.5) is 5.13 Å². The number of hydrogen-bond donors (Lipinski definition) is 2. The molecule has 3 heterocycles. The van der Waals surface area contributed by atoms with Crippen molar-refractivity contribution >= 4 is 33.4 Å². The van der Waals surface area contributed by atoms with Crippen molar-refractivity contribution < 1.29 is 9.53 Å². The number of thiazole rings is 1. The Morgan fingerprint density at radius 1 is 1.21 bits per heavy atom. The zero-order valence-corrected chi connectivity index (χ0v) is 16.1. The fraction of sp³-hybridized carbons (Fsp3) is 0.150. The summed E-state index contributed by atoms with van der Waals surface area (Å²) in [5.41, 5.74) is 1.39. The van der Waals surface area contributed by atoms with Gasteiger partial charge in [0.1, 0.15) is 17.1 Å². The van der Waals surface area contributed by atoms with Crippen molar-refractivity contribution in [2.75, 3.05) is 5.32 Å². The SMILES string of the molecule is CC(C)Oc1ccc(-n2c(=O)ccc3cc(C(=O)Nc4nccs4)[nH]c32)cc1. The first-order valence-electron chi connectivity index (χ1n) is 8.74. The van der Waals surface area contributed by atoms with Gasteiger partial charge >= 0.3 is 0 Å². The van der Waals surface area contributed by atoms with Gasteiger partial charge in [0, 0.05) is 23.0 Å². The average molecular weight is 394 g/mol. The summed E-state index contributed by atoms with van der Waals surface area (Å²) >= 11 is 1.34. The molecule has 1 amide bonds. The zero-order chi connectivity index (χ0) is 19.7. The number of fused-ring (bicyclic) bond motifs is 1. The Bertz CT molecular complexity index is 1170. The van der Waals surface area contributed by atoms with Crippen molar-refractivity contribution in [1.82, 2.24) is 14.5 Å². The van der Waals surface area contributed by atoms with E-state index in [0.717, 1.165) is 11.1 Å². The first-order chi connectivity index (χ1) is 13.5. The third-order valence-corrected chi connectivity index (χ3v) is 4.73. The van der Waals surface area contributed by atoms with E-state index >= 15 is 0 Å². The van der Waals surface area contributed by atoms with Gasteiger partial charge in [0.05, 0.1) is 11.8 Å². The third-order valence-electron chi connectivity index (χ3n) is 4.04. The minimum absolute atomic E-state index is 0.0688. The Hall–Kier alpha value is -3.39. The Balaban J connectivity index is 1.72. The minimum atomic E-state index is -0.314. The molecular weight excluding hydrogens is 376 g/mol. The quantitative estimate of drug-likeness (QED) is 0.539. The number of ether oxygens (including phenoxy) is 1. The van der Waals surface area contributed by atoms with Crippen LogP contribution in [-0.2, 0) is 0 Å². The van der Waals surface area contributed by atoms with Crippen molar-refractivity contribution in [2.45, 2.75) is 20.0 Å². The molecule has 1 aromatic carbocycles. The molecule has 4 aromatic rings. The largest absolute Gasteiger partial charge is 0.491 e. The molecule has 8 heteroatoms. The van der Waals surface area contributed by atoms with Crippen molar-refractivity contribution in [3.8, 4) is 11.4 Å². The van der Waals surface area contributed by atoms with Crippen molar-refractivity contribution in [1.29, 1.82) is 0 Å². The Morgan fingerprint density at radius 2 is 2.00 bits per heavy atom. The Morgan fingerprint density at radius 3 is 2.68 bits per heavy atom. The van der Waals surface area contributed by atoms with Gasteiger partial charge in [-0.05, 0) is 50.2 Å². The first kappa shape index (κ1) is 18.0. The summed E-state index contributed by atoms with van der Waals surface area (Å²) in [5, 5.41) is 5.79. The van der Waals surface area contributed by atoms with Crippen LogP contribution < -0.4 is 15.6 Å². The maximum Gasteiger partial charge on any atom is 0.273 e. The van der Waals surface area contributed by atoms with Crippen LogP contribution in [0.2, 0.25) is 0 Å². The molecular formula is C20H18N4O3S. The number of aromatic amines is 1. The molecule has 28 heavy (non-hydrogen) atoms. The standard InChI is InChI=1S/C20H18N4O3S/c1-12(2)27-15-6-4-14(5-7-15)24-17(25)8-3-13-11-16(22-18(13)24)19(26)23-20-21-9-10-28-20/h3-12,22H,1-2H3,(H,21,23,26). The van der Waals surface area contributed by atoms with Crippen LogP contribution in [0, 0.1) is 0 Å². The van der Waals surface area contributed by atoms with Crippen LogP contribution in [0.3, 0.4) is 0 Å². The second-order valence-corrected chi connectivity index (χ2v) is 7.34. The van der Waals surface area contributed by atoms with Gasteiger partial charge in [-0.1, -0.05) is 0 Å². The van der Waals surface area contributed by atoms with E-state index in [2.05, 4.69) is 15.3 Å². The number of amides is 1. The van der Waals surface area contributed by atoms with Crippen LogP contribution in [-0.4, -0.2) is 26.5 Å². The molecule has 0 aliphatic rings. The topological polar surface area (TPSA) is 89.0 Å². The number of H-pyrrole nitrogens is 1. The summed E-state index contributed by atoms with van der Waals surface area (Å²) in [6.45, 7) is 3.91. The zero-order valence-electron chi connectivity index (χ0n) is 15.3. The number of rotatable bonds is 5. The summed E-state index contributed by atoms with van der Waals surface area (Å²) in [7, 11) is 0. The van der Waals surface area contributed by atoms with Crippen LogP contribution in [0.15, 0.2) is 58.8 Å². The van der Waals surface area contributed by atoms with E-state index in [1.54, 1.807) is 23.7 Å². The Labute approximate surface area is 164 Å². The summed E-state index contributed by atoms with van der Waals surface area (Å²) in [4.78, 5) is 32.1. The van der Waals surface area contributed by atoms with Crippen molar-refractivity contribution in [3.05, 3.63) is 70.1 Å². The molecule has 3 aromatic heterocycles. The van der Waals surface area contributed by atoms with Gasteiger partial charge < -0.3 is 9.72 Å². The molecule has 0 atom stereocenters. The third kappa shape index (κ3) is 3.54. The van der Waals surface area contributed by atoms with E-state index in [4.69, 9.17) is 4.74 Å². The number of nitrogens with one attached hydrogen (secondary N) is 2. The number of nitrogens with zero attached hydrogens (tertiary/aromatic N) is 2. The molecule has 0 fully saturated rings. The molecule has 0 unspecified atom stereocenters. The van der Waals surface area contributed by atoms with E-state index in [9.17, 15) is 9.59 Å². The van der Waals surface area contributed by atoms with E-state index in [1.807, 2.05) is 38.1 Å². The number of hydrogen-bond acceptors (Lipinski definition) is 5. The highest BCUT2D eigenvalue weighted by Crippen LogP contribution is 2.21. The van der Waals surface area contributed by atoms with Gasteiger partial charge in [-0.15, -0.1) is 11.3 Å². The lowest BCUT2D eigenvalue weighted by Crippen LogP contribution is -2.17. The summed E-state index contributed by atoms with van der Waals surface area (Å²) in [5.74, 6) is 0.416. The first-order valence-corrected chi connectivity index (χ1v) is 9.62. The molecule has 142 valence electrons. The van der Waals surface area contributed by atoms with Crippen LogP contribution >= 0.6 is 11.3 Å². The maximum atomic E-state index is 12.5. The van der Waals surface area contributed by atoms with Gasteiger partial charge in [-0.2, -0.15) is 0 Å². The lowest BCUT2D eigenvalue weighted by molar-refractivity contribution is 0.102. The predicted molar refractivity (Wildman–Crippen MR) is 110 cm³/mol. The molecule has 4 rings (SSSR count). The molecule has 0 bridgehead atoms. The van der Waals surface area contributed by atoms with E-state index in [0.29, 0.717) is 22.2 Å². The lowest BCUT2D eigenvalue weighted by atomic mass is 10.2. The summed E-state index contributed by atoms with van der Waals surface area (Å²) in [6, 6.07) is 12.2. The molecule has 0 aliphatic carbocycles. The van der Waals surface area contributed by atoms with E-state index in [-0.39, 0.29) is 17.6 Å². The molecule has 0 spiro atoms. The minimum Gasteiger partial charge on any atom is -0.491 e. The van der Waals surface area contributed by atoms with E-state index < -0.39 is 0 Å². The van der Waals surface area contributed by atoms with Crippen LogP contribution in [0.5, 0.6) is 5.75 Å². The van der Waals surface area contributed by atoms with Crippen LogP contribution in [0.25, 0.3) is 16.7 Å². The second kappa shape index (κ2) is 7.32. The highest BCUT2D eigenvalue weighted by Gasteiger charge is 2.14. The lowest BCUT2D eigenvalue weighted by Gasteiger charge is -2.11. The number of aromatic nitrogens is 3. The maximum absolute atomic E-state index is 12.5. The molecule has 0 saturated carbocycles.